The zero-order valence-electron chi connectivity index (χ0n) is 25.4. The van der Waals surface area contributed by atoms with Gasteiger partial charge in [0.2, 0.25) is 0 Å². The minimum absolute atomic E-state index is 0.172. The maximum absolute atomic E-state index is 14.7. The lowest BCUT2D eigenvalue weighted by molar-refractivity contribution is 0.0551. The molecule has 0 saturated heterocycles. The summed E-state index contributed by atoms with van der Waals surface area (Å²) >= 11 is 0. The topological polar surface area (TPSA) is 74.6 Å². The highest BCUT2D eigenvalue weighted by Gasteiger charge is 2.27. The minimum Gasteiger partial charge on any atom is -0.494 e. The van der Waals surface area contributed by atoms with E-state index in [1.165, 1.54) is 13.2 Å². The molecule has 0 amide bonds. The van der Waals surface area contributed by atoms with E-state index in [0.717, 1.165) is 33.8 Å². The van der Waals surface area contributed by atoms with Crippen molar-refractivity contribution in [3.63, 3.8) is 0 Å². The molecule has 0 saturated carbocycles. The third-order valence-electron chi connectivity index (χ3n) is 7.21. The highest BCUT2D eigenvalue weighted by Crippen LogP contribution is 2.38. The molecule has 0 fully saturated rings. The van der Waals surface area contributed by atoms with Gasteiger partial charge >= 0.3 is 6.09 Å². The van der Waals surface area contributed by atoms with E-state index >= 15 is 0 Å². The molecule has 0 atom stereocenters. The lowest BCUT2D eigenvalue weighted by Gasteiger charge is -2.21. The first-order valence-corrected chi connectivity index (χ1v) is 14.5. The maximum atomic E-state index is 14.7. The number of rotatable bonds is 10. The first-order valence-electron chi connectivity index (χ1n) is 14.5. The number of benzene rings is 3. The van der Waals surface area contributed by atoms with Crippen molar-refractivity contribution in [3.05, 3.63) is 101 Å². The summed E-state index contributed by atoms with van der Waals surface area (Å²) in [4.78, 5) is 18.8. The molecule has 43 heavy (non-hydrogen) atoms. The number of ether oxygens (including phenoxy) is 3. The Morgan fingerprint density at radius 2 is 1.74 bits per heavy atom. The van der Waals surface area contributed by atoms with Crippen molar-refractivity contribution in [2.45, 2.75) is 52.2 Å². The molecule has 0 bridgehead atoms. The number of nitrogens with zero attached hydrogens (tertiary/aromatic N) is 2. The summed E-state index contributed by atoms with van der Waals surface area (Å²) in [6, 6.07) is 22.8. The van der Waals surface area contributed by atoms with E-state index in [0.29, 0.717) is 48.6 Å². The molecule has 0 aliphatic carbocycles. The Kier molecular flexibility index (Phi) is 8.97. The minimum atomic E-state index is -0.703. The number of hydrogen-bond donors (Lipinski definition) is 1. The van der Waals surface area contributed by atoms with E-state index in [1.54, 1.807) is 10.6 Å². The molecular formula is C35H38FN3O4. The summed E-state index contributed by atoms with van der Waals surface area (Å²) in [7, 11) is 3.28. The average Bonchev–Trinajstić information content (AvgIpc) is 3.33. The van der Waals surface area contributed by atoms with Gasteiger partial charge in [0, 0.05) is 36.4 Å². The van der Waals surface area contributed by atoms with Gasteiger partial charge in [0.15, 0.2) is 11.6 Å². The fraction of sp³-hybridized carbons (Fsp3) is 0.314. The van der Waals surface area contributed by atoms with Gasteiger partial charge in [-0.3, -0.25) is 0 Å². The molecule has 2 aromatic heterocycles. The van der Waals surface area contributed by atoms with Crippen molar-refractivity contribution in [1.29, 1.82) is 0 Å². The summed E-state index contributed by atoms with van der Waals surface area (Å²) in [5, 5.41) is 5.13. The Morgan fingerprint density at radius 3 is 2.44 bits per heavy atom. The Hall–Kier alpha value is -4.43. The second-order valence-corrected chi connectivity index (χ2v) is 11.5. The normalized spacial score (nSPS) is 11.7. The van der Waals surface area contributed by atoms with Gasteiger partial charge in [-0.2, -0.15) is 0 Å². The van der Waals surface area contributed by atoms with Crippen molar-refractivity contribution in [2.75, 3.05) is 26.1 Å². The van der Waals surface area contributed by atoms with E-state index in [4.69, 9.17) is 19.2 Å². The highest BCUT2D eigenvalue weighted by atomic mass is 19.1. The zero-order chi connectivity index (χ0) is 30.6. The van der Waals surface area contributed by atoms with Gasteiger partial charge in [-0.05, 0) is 62.9 Å². The summed E-state index contributed by atoms with van der Waals surface area (Å²) < 4.78 is 33.3. The second kappa shape index (κ2) is 12.8. The van der Waals surface area contributed by atoms with Crippen LogP contribution in [0.3, 0.4) is 0 Å². The van der Waals surface area contributed by atoms with Gasteiger partial charge < -0.3 is 19.5 Å². The quantitative estimate of drug-likeness (QED) is 0.169. The van der Waals surface area contributed by atoms with Gasteiger partial charge in [-0.1, -0.05) is 54.6 Å². The molecule has 0 unspecified atom stereocenters. The molecule has 8 heteroatoms. The zero-order valence-corrected chi connectivity index (χ0v) is 25.4. The number of nitrogens with one attached hydrogen (secondary N) is 1. The molecule has 3 aromatic carbocycles. The molecule has 5 rings (SSSR count). The van der Waals surface area contributed by atoms with E-state index < -0.39 is 17.5 Å². The average molecular weight is 584 g/mol. The van der Waals surface area contributed by atoms with E-state index in [2.05, 4.69) is 5.32 Å². The first kappa shape index (κ1) is 30.0. The monoisotopic (exact) mass is 583 g/mol. The number of fused-ring (bicyclic) bond motifs is 3. The van der Waals surface area contributed by atoms with Crippen LogP contribution in [0.25, 0.3) is 21.8 Å². The molecule has 0 aliphatic heterocycles. The van der Waals surface area contributed by atoms with Crippen LogP contribution in [0.15, 0.2) is 72.8 Å². The summed E-state index contributed by atoms with van der Waals surface area (Å²) in [5.41, 5.74) is 4.14. The maximum Gasteiger partial charge on any atom is 0.419 e. The highest BCUT2D eigenvalue weighted by molar-refractivity contribution is 6.15. The standard InChI is InChI=1S/C35H38FN3O4/c1-35(2,3)43-34(40)39-29-16-10-9-14-25(29)31-26(15-11-19-42-22-23-12-7-6-8-13-23)33(37-4)38-28(32(31)39)21-24-17-18-30(41-5)27(36)20-24/h6-10,12-14,16-18,20H,11,15,19,21-22H2,1-5H3,(H,37,38). The van der Waals surface area contributed by atoms with E-state index in [-0.39, 0.29) is 5.75 Å². The number of pyridine rings is 1. The summed E-state index contributed by atoms with van der Waals surface area (Å²) in [5.74, 6) is 0.432. The summed E-state index contributed by atoms with van der Waals surface area (Å²) in [6.07, 6.45) is 1.24. The van der Waals surface area contributed by atoms with Crippen LogP contribution in [-0.2, 0) is 28.9 Å². The Balaban J connectivity index is 1.61. The lowest BCUT2D eigenvalue weighted by atomic mass is 10.00. The fourth-order valence-electron chi connectivity index (χ4n) is 5.39. The van der Waals surface area contributed by atoms with Crippen LogP contribution in [0.1, 0.15) is 49.6 Å². The van der Waals surface area contributed by atoms with Crippen molar-refractivity contribution in [1.82, 2.24) is 9.55 Å². The first-order chi connectivity index (χ1) is 20.7. The van der Waals surface area contributed by atoms with E-state index in [9.17, 15) is 9.18 Å². The van der Waals surface area contributed by atoms with Crippen LogP contribution < -0.4 is 10.1 Å². The van der Waals surface area contributed by atoms with Crippen LogP contribution >= 0.6 is 0 Å². The van der Waals surface area contributed by atoms with Crippen molar-refractivity contribution in [2.24, 2.45) is 0 Å². The van der Waals surface area contributed by atoms with Crippen LogP contribution in [0, 0.1) is 5.82 Å². The van der Waals surface area contributed by atoms with Gasteiger partial charge in [0.05, 0.1) is 30.4 Å². The third-order valence-corrected chi connectivity index (χ3v) is 7.21. The Morgan fingerprint density at radius 1 is 1.00 bits per heavy atom. The molecule has 7 nitrogen and oxygen atoms in total. The van der Waals surface area contributed by atoms with E-state index in [1.807, 2.05) is 88.5 Å². The van der Waals surface area contributed by atoms with Crippen LogP contribution in [-0.4, -0.2) is 42.0 Å². The molecular weight excluding hydrogens is 545 g/mol. The van der Waals surface area contributed by atoms with Gasteiger partial charge in [-0.25, -0.2) is 18.7 Å². The number of para-hydroxylation sites is 1. The van der Waals surface area contributed by atoms with Crippen LogP contribution in [0.4, 0.5) is 15.0 Å². The number of hydrogen-bond acceptors (Lipinski definition) is 6. The number of halogens is 1. The largest absolute Gasteiger partial charge is 0.494 e. The predicted molar refractivity (Wildman–Crippen MR) is 169 cm³/mol. The number of aryl methyl sites for hydroxylation is 1. The molecule has 5 aromatic rings. The summed E-state index contributed by atoms with van der Waals surface area (Å²) in [6.45, 7) is 6.65. The van der Waals surface area contributed by atoms with Crippen molar-refractivity contribution < 1.29 is 23.4 Å². The van der Waals surface area contributed by atoms with Crippen molar-refractivity contribution in [3.8, 4) is 5.75 Å². The van der Waals surface area contributed by atoms with Gasteiger partial charge in [0.1, 0.15) is 11.4 Å². The van der Waals surface area contributed by atoms with Crippen LogP contribution in [0.2, 0.25) is 0 Å². The number of methoxy groups -OCH3 is 1. The second-order valence-electron chi connectivity index (χ2n) is 11.5. The number of aromatic nitrogens is 2. The Labute approximate surface area is 251 Å². The predicted octanol–water partition coefficient (Wildman–Crippen LogP) is 7.90. The molecule has 0 spiro atoms. The number of carbonyl (C=O) groups excluding carboxylic acids is 1. The van der Waals surface area contributed by atoms with Crippen LogP contribution in [0.5, 0.6) is 5.75 Å². The fourth-order valence-corrected chi connectivity index (χ4v) is 5.39. The van der Waals surface area contributed by atoms with Crippen molar-refractivity contribution >= 4 is 33.7 Å². The molecule has 0 radical (unpaired) electrons. The smallest absolute Gasteiger partial charge is 0.419 e. The third kappa shape index (κ3) is 6.65. The molecule has 224 valence electrons. The lowest BCUT2D eigenvalue weighted by Crippen LogP contribution is -2.27. The molecule has 0 aliphatic rings. The van der Waals surface area contributed by atoms with Gasteiger partial charge in [0.25, 0.3) is 0 Å². The van der Waals surface area contributed by atoms with Gasteiger partial charge in [-0.15, -0.1) is 0 Å². The Bertz CT molecular complexity index is 1740. The molecule has 1 N–H and O–H groups in total. The number of carbonyl (C=O) groups is 1. The SMILES string of the molecule is CNc1nc(Cc2ccc(OC)c(F)c2)c2c(c1CCCOCc1ccccc1)c1ccccc1n2C(=O)OC(C)(C)C. The number of anilines is 1. The molecule has 2 heterocycles.